The van der Waals surface area contributed by atoms with E-state index in [0.29, 0.717) is 24.6 Å². The number of nitrogens with one attached hydrogen (secondary N) is 1. The second-order valence-electron chi connectivity index (χ2n) is 5.19. The average molecular weight is 282 g/mol. The Morgan fingerprint density at radius 1 is 1.35 bits per heavy atom. The van der Waals surface area contributed by atoms with Crippen LogP contribution in [0, 0.1) is 17.0 Å². The van der Waals surface area contributed by atoms with E-state index in [1.807, 2.05) is 27.7 Å². The van der Waals surface area contributed by atoms with Gasteiger partial charge in [-0.2, -0.15) is 4.98 Å². The second kappa shape index (κ2) is 6.49. The minimum Gasteiger partial charge on any atom is -0.467 e. The van der Waals surface area contributed by atoms with Gasteiger partial charge in [0, 0.05) is 6.54 Å². The number of hydrogen-bond acceptors (Lipinski definition) is 6. The molecule has 1 heterocycles. The largest absolute Gasteiger partial charge is 0.467 e. The normalized spacial score (nSPS) is 11.2. The third kappa shape index (κ3) is 4.04. The lowest BCUT2D eigenvalue weighted by Crippen LogP contribution is -2.28. The zero-order chi connectivity index (χ0) is 15.3. The number of nitrogens with zero attached hydrogens (tertiary/aromatic N) is 3. The quantitative estimate of drug-likeness (QED) is 0.610. The molecule has 0 unspecified atom stereocenters. The standard InChI is InChI=1S/C13H22N4O3/c1-6-8-14-12-15-9(3)10(17(18)19)11(16-12)20-13(4,5)7-2/h6-8H2,1-5H3,(H,14,15,16). The van der Waals surface area contributed by atoms with Crippen LogP contribution in [0.25, 0.3) is 0 Å². The van der Waals surface area contributed by atoms with Gasteiger partial charge < -0.3 is 10.1 Å². The SMILES string of the molecule is CCCNc1nc(C)c([N+](=O)[O-])c(OC(C)(C)CC)n1. The summed E-state index contributed by atoms with van der Waals surface area (Å²) < 4.78 is 5.71. The predicted molar refractivity (Wildman–Crippen MR) is 77.2 cm³/mol. The van der Waals surface area contributed by atoms with E-state index in [-0.39, 0.29) is 11.6 Å². The van der Waals surface area contributed by atoms with Crippen molar-refractivity contribution in [3.8, 4) is 5.88 Å². The van der Waals surface area contributed by atoms with Gasteiger partial charge in [0.25, 0.3) is 5.88 Å². The molecule has 0 atom stereocenters. The molecule has 1 N–H and O–H groups in total. The van der Waals surface area contributed by atoms with Crippen LogP contribution in [-0.4, -0.2) is 27.0 Å². The fourth-order valence-corrected chi connectivity index (χ4v) is 1.47. The van der Waals surface area contributed by atoms with Crippen molar-refractivity contribution < 1.29 is 9.66 Å². The predicted octanol–water partition coefficient (Wildman–Crippen LogP) is 3.08. The van der Waals surface area contributed by atoms with Crippen LogP contribution < -0.4 is 10.1 Å². The second-order valence-corrected chi connectivity index (χ2v) is 5.19. The molecular formula is C13H22N4O3. The first kappa shape index (κ1) is 16.1. The number of anilines is 1. The minimum atomic E-state index is -0.520. The molecule has 0 aliphatic carbocycles. The third-order valence-corrected chi connectivity index (χ3v) is 2.97. The maximum Gasteiger partial charge on any atom is 0.352 e. The van der Waals surface area contributed by atoms with E-state index in [9.17, 15) is 10.1 Å². The van der Waals surface area contributed by atoms with E-state index >= 15 is 0 Å². The molecule has 0 fully saturated rings. The molecule has 0 saturated heterocycles. The molecule has 0 radical (unpaired) electrons. The van der Waals surface area contributed by atoms with Crippen molar-refractivity contribution in [3.63, 3.8) is 0 Å². The van der Waals surface area contributed by atoms with Gasteiger partial charge in [-0.25, -0.2) is 4.98 Å². The molecule has 0 aromatic carbocycles. The molecule has 20 heavy (non-hydrogen) atoms. The molecule has 1 aromatic rings. The Morgan fingerprint density at radius 3 is 2.50 bits per heavy atom. The molecule has 0 bridgehead atoms. The molecular weight excluding hydrogens is 260 g/mol. The van der Waals surface area contributed by atoms with Crippen LogP contribution in [0.5, 0.6) is 5.88 Å². The fourth-order valence-electron chi connectivity index (χ4n) is 1.47. The zero-order valence-corrected chi connectivity index (χ0v) is 12.7. The van der Waals surface area contributed by atoms with Gasteiger partial charge in [-0.1, -0.05) is 13.8 Å². The first-order valence-corrected chi connectivity index (χ1v) is 6.76. The molecule has 0 saturated carbocycles. The minimum absolute atomic E-state index is 0.0213. The van der Waals surface area contributed by atoms with Crippen molar-refractivity contribution in [1.82, 2.24) is 9.97 Å². The number of hydrogen-bond donors (Lipinski definition) is 1. The number of aryl methyl sites for hydroxylation is 1. The van der Waals surface area contributed by atoms with E-state index in [2.05, 4.69) is 15.3 Å². The lowest BCUT2D eigenvalue weighted by molar-refractivity contribution is -0.387. The first-order valence-electron chi connectivity index (χ1n) is 6.76. The summed E-state index contributed by atoms with van der Waals surface area (Å²) in [7, 11) is 0. The van der Waals surface area contributed by atoms with Crippen LogP contribution in [-0.2, 0) is 0 Å². The van der Waals surface area contributed by atoms with Gasteiger partial charge in [0.2, 0.25) is 5.95 Å². The molecule has 7 heteroatoms. The fraction of sp³-hybridized carbons (Fsp3) is 0.692. The lowest BCUT2D eigenvalue weighted by Gasteiger charge is -2.24. The van der Waals surface area contributed by atoms with Gasteiger partial charge in [-0.3, -0.25) is 10.1 Å². The van der Waals surface area contributed by atoms with Crippen LogP contribution >= 0.6 is 0 Å². The molecule has 1 aromatic heterocycles. The molecule has 1 rings (SSSR count). The van der Waals surface area contributed by atoms with E-state index in [1.54, 1.807) is 6.92 Å². The molecule has 112 valence electrons. The maximum absolute atomic E-state index is 11.2. The van der Waals surface area contributed by atoms with Crippen LogP contribution in [0.3, 0.4) is 0 Å². The zero-order valence-electron chi connectivity index (χ0n) is 12.7. The molecule has 0 amide bonds. The van der Waals surface area contributed by atoms with Crippen molar-refractivity contribution >= 4 is 11.6 Å². The Kier molecular flexibility index (Phi) is 5.24. The van der Waals surface area contributed by atoms with Crippen LogP contribution in [0.4, 0.5) is 11.6 Å². The van der Waals surface area contributed by atoms with E-state index < -0.39 is 10.5 Å². The van der Waals surface area contributed by atoms with Gasteiger partial charge in [-0.15, -0.1) is 0 Å². The van der Waals surface area contributed by atoms with Gasteiger partial charge in [0.15, 0.2) is 0 Å². The van der Waals surface area contributed by atoms with E-state index in [1.165, 1.54) is 0 Å². The molecule has 0 spiro atoms. The molecule has 0 aliphatic heterocycles. The number of ether oxygens (including phenoxy) is 1. The van der Waals surface area contributed by atoms with Gasteiger partial charge in [0.1, 0.15) is 11.3 Å². The number of rotatable bonds is 7. The summed E-state index contributed by atoms with van der Waals surface area (Å²) in [5, 5.41) is 14.2. The van der Waals surface area contributed by atoms with Crippen molar-refractivity contribution in [3.05, 3.63) is 15.8 Å². The van der Waals surface area contributed by atoms with Gasteiger partial charge >= 0.3 is 5.69 Å². The summed E-state index contributed by atoms with van der Waals surface area (Å²) in [6.07, 6.45) is 1.63. The average Bonchev–Trinajstić information content (AvgIpc) is 2.34. The monoisotopic (exact) mass is 282 g/mol. The van der Waals surface area contributed by atoms with Crippen LogP contribution in [0.1, 0.15) is 46.2 Å². The lowest BCUT2D eigenvalue weighted by atomic mass is 10.1. The van der Waals surface area contributed by atoms with E-state index in [0.717, 1.165) is 6.42 Å². The highest BCUT2D eigenvalue weighted by atomic mass is 16.6. The Bertz CT molecular complexity index is 489. The number of aromatic nitrogens is 2. The Hall–Kier alpha value is -1.92. The van der Waals surface area contributed by atoms with Crippen molar-refractivity contribution in [1.29, 1.82) is 0 Å². The first-order chi connectivity index (χ1) is 9.30. The Balaban J connectivity index is 3.21. The summed E-state index contributed by atoms with van der Waals surface area (Å²) in [5.41, 5.74) is -0.396. The van der Waals surface area contributed by atoms with E-state index in [4.69, 9.17) is 4.74 Å². The maximum atomic E-state index is 11.2. The van der Waals surface area contributed by atoms with Gasteiger partial charge in [-0.05, 0) is 33.6 Å². The summed E-state index contributed by atoms with van der Waals surface area (Å²) >= 11 is 0. The smallest absolute Gasteiger partial charge is 0.352 e. The highest BCUT2D eigenvalue weighted by Gasteiger charge is 2.28. The Morgan fingerprint density at radius 2 is 2.00 bits per heavy atom. The summed E-state index contributed by atoms with van der Waals surface area (Å²) in [4.78, 5) is 18.9. The molecule has 7 nitrogen and oxygen atoms in total. The van der Waals surface area contributed by atoms with Crippen molar-refractivity contribution in [2.24, 2.45) is 0 Å². The highest BCUT2D eigenvalue weighted by Crippen LogP contribution is 2.32. The van der Waals surface area contributed by atoms with Crippen molar-refractivity contribution in [2.75, 3.05) is 11.9 Å². The third-order valence-electron chi connectivity index (χ3n) is 2.97. The highest BCUT2D eigenvalue weighted by molar-refractivity contribution is 5.49. The summed E-state index contributed by atoms with van der Waals surface area (Å²) in [6.45, 7) is 10.00. The van der Waals surface area contributed by atoms with Crippen LogP contribution in [0.15, 0.2) is 0 Å². The summed E-state index contributed by atoms with van der Waals surface area (Å²) in [5.74, 6) is 0.379. The van der Waals surface area contributed by atoms with Crippen molar-refractivity contribution in [2.45, 2.75) is 53.1 Å². The summed E-state index contributed by atoms with van der Waals surface area (Å²) in [6, 6.07) is 0. The Labute approximate surface area is 118 Å². The topological polar surface area (TPSA) is 90.2 Å². The van der Waals surface area contributed by atoms with Crippen LogP contribution in [0.2, 0.25) is 0 Å². The van der Waals surface area contributed by atoms with Gasteiger partial charge in [0.05, 0.1) is 4.92 Å². The number of nitro groups is 1. The molecule has 0 aliphatic rings.